The van der Waals surface area contributed by atoms with Gasteiger partial charge in [0.2, 0.25) is 0 Å². The summed E-state index contributed by atoms with van der Waals surface area (Å²) in [5.74, 6) is 0.742. The molecule has 0 saturated heterocycles. The number of hydrogen-bond donors (Lipinski definition) is 0. The Bertz CT molecular complexity index is 801. The standard InChI is InChI=1S/C17H16ClN3/c1-17(2,3)16-20-14(9-15(18)21-16)12-6-4-5-11-7-8-19-10-13(11)12/h4-10H,1-3H3. The number of aromatic nitrogens is 3. The molecule has 0 saturated carbocycles. The second-order valence-electron chi connectivity index (χ2n) is 6.05. The Labute approximate surface area is 129 Å². The molecule has 0 atom stereocenters. The summed E-state index contributed by atoms with van der Waals surface area (Å²) in [6.45, 7) is 6.23. The van der Waals surface area contributed by atoms with Crippen molar-refractivity contribution in [3.05, 3.63) is 53.7 Å². The van der Waals surface area contributed by atoms with Gasteiger partial charge in [-0.2, -0.15) is 0 Å². The summed E-state index contributed by atoms with van der Waals surface area (Å²) in [4.78, 5) is 13.3. The summed E-state index contributed by atoms with van der Waals surface area (Å²) in [5, 5.41) is 2.66. The van der Waals surface area contributed by atoms with Gasteiger partial charge in [0.1, 0.15) is 11.0 Å². The van der Waals surface area contributed by atoms with E-state index < -0.39 is 0 Å². The number of hydrogen-bond acceptors (Lipinski definition) is 3. The molecule has 106 valence electrons. The number of benzene rings is 1. The summed E-state index contributed by atoms with van der Waals surface area (Å²) >= 11 is 6.19. The first-order valence-corrected chi connectivity index (χ1v) is 7.21. The number of rotatable bonds is 1. The van der Waals surface area contributed by atoms with Crippen LogP contribution in [-0.4, -0.2) is 15.0 Å². The molecular weight excluding hydrogens is 282 g/mol. The molecule has 0 radical (unpaired) electrons. The van der Waals surface area contributed by atoms with Crippen molar-refractivity contribution in [1.82, 2.24) is 15.0 Å². The Hall–Kier alpha value is -2.00. The molecule has 21 heavy (non-hydrogen) atoms. The van der Waals surface area contributed by atoms with Crippen LogP contribution >= 0.6 is 11.6 Å². The van der Waals surface area contributed by atoms with E-state index in [9.17, 15) is 0 Å². The van der Waals surface area contributed by atoms with Crippen LogP contribution < -0.4 is 0 Å². The van der Waals surface area contributed by atoms with Gasteiger partial charge in [0.05, 0.1) is 5.69 Å². The largest absolute Gasteiger partial charge is 0.264 e. The number of pyridine rings is 1. The third kappa shape index (κ3) is 2.74. The number of nitrogens with zero attached hydrogens (tertiary/aromatic N) is 3. The zero-order valence-corrected chi connectivity index (χ0v) is 13.0. The van der Waals surface area contributed by atoms with Crippen LogP contribution in [0.1, 0.15) is 26.6 Å². The first-order valence-electron chi connectivity index (χ1n) is 6.83. The highest BCUT2D eigenvalue weighted by atomic mass is 35.5. The van der Waals surface area contributed by atoms with E-state index in [0.29, 0.717) is 5.15 Å². The smallest absolute Gasteiger partial charge is 0.136 e. The molecule has 4 heteroatoms. The van der Waals surface area contributed by atoms with E-state index in [4.69, 9.17) is 16.6 Å². The van der Waals surface area contributed by atoms with Crippen molar-refractivity contribution >= 4 is 22.4 Å². The Morgan fingerprint density at radius 2 is 1.86 bits per heavy atom. The second kappa shape index (κ2) is 5.08. The highest BCUT2D eigenvalue weighted by molar-refractivity contribution is 6.29. The molecule has 0 amide bonds. The van der Waals surface area contributed by atoms with E-state index in [1.54, 1.807) is 12.3 Å². The highest BCUT2D eigenvalue weighted by Gasteiger charge is 2.19. The lowest BCUT2D eigenvalue weighted by Gasteiger charge is -2.18. The maximum Gasteiger partial charge on any atom is 0.136 e. The highest BCUT2D eigenvalue weighted by Crippen LogP contribution is 2.30. The minimum absolute atomic E-state index is 0.150. The van der Waals surface area contributed by atoms with Crippen LogP contribution in [0, 0.1) is 0 Å². The van der Waals surface area contributed by atoms with Crippen molar-refractivity contribution in [3.63, 3.8) is 0 Å². The van der Waals surface area contributed by atoms with Gasteiger partial charge in [-0.1, -0.05) is 50.6 Å². The van der Waals surface area contributed by atoms with Gasteiger partial charge in [0.25, 0.3) is 0 Å². The monoisotopic (exact) mass is 297 g/mol. The van der Waals surface area contributed by atoms with Gasteiger partial charge in [-0.15, -0.1) is 0 Å². The van der Waals surface area contributed by atoms with E-state index in [1.807, 2.05) is 24.4 Å². The van der Waals surface area contributed by atoms with Crippen LogP contribution in [0.4, 0.5) is 0 Å². The van der Waals surface area contributed by atoms with E-state index in [2.05, 4.69) is 36.8 Å². The molecule has 0 fully saturated rings. The fraction of sp³-hybridized carbons (Fsp3) is 0.235. The van der Waals surface area contributed by atoms with Gasteiger partial charge in [-0.25, -0.2) is 9.97 Å². The van der Waals surface area contributed by atoms with E-state index in [0.717, 1.165) is 27.9 Å². The van der Waals surface area contributed by atoms with Crippen molar-refractivity contribution < 1.29 is 0 Å². The van der Waals surface area contributed by atoms with Crippen LogP contribution in [0.5, 0.6) is 0 Å². The normalized spacial score (nSPS) is 11.8. The van der Waals surface area contributed by atoms with Gasteiger partial charge < -0.3 is 0 Å². The molecule has 3 aromatic rings. The average Bonchev–Trinajstić information content (AvgIpc) is 2.45. The third-order valence-electron chi connectivity index (χ3n) is 3.33. The fourth-order valence-corrected chi connectivity index (χ4v) is 2.41. The molecule has 0 N–H and O–H groups in total. The van der Waals surface area contributed by atoms with Gasteiger partial charge in [-0.3, -0.25) is 4.98 Å². The minimum atomic E-state index is -0.150. The molecule has 0 aliphatic heterocycles. The molecule has 3 nitrogen and oxygen atoms in total. The topological polar surface area (TPSA) is 38.7 Å². The number of halogens is 1. The quantitative estimate of drug-likeness (QED) is 0.614. The van der Waals surface area contributed by atoms with Gasteiger partial charge in [0.15, 0.2) is 0 Å². The summed E-state index contributed by atoms with van der Waals surface area (Å²) < 4.78 is 0. The first kappa shape index (κ1) is 14.0. The van der Waals surface area contributed by atoms with E-state index in [1.165, 1.54) is 0 Å². The van der Waals surface area contributed by atoms with Crippen LogP contribution in [0.3, 0.4) is 0 Å². The zero-order chi connectivity index (χ0) is 15.0. The molecule has 1 aromatic carbocycles. The van der Waals surface area contributed by atoms with Crippen molar-refractivity contribution in [2.24, 2.45) is 0 Å². The molecular formula is C17H16ClN3. The maximum absolute atomic E-state index is 6.19. The molecule has 0 aliphatic carbocycles. The molecule has 0 unspecified atom stereocenters. The van der Waals surface area contributed by atoms with Crippen molar-refractivity contribution in [3.8, 4) is 11.3 Å². The fourth-order valence-electron chi connectivity index (χ4n) is 2.23. The van der Waals surface area contributed by atoms with Gasteiger partial charge in [-0.05, 0) is 11.5 Å². The lowest BCUT2D eigenvalue weighted by atomic mass is 9.95. The Morgan fingerprint density at radius 1 is 1.05 bits per heavy atom. The van der Waals surface area contributed by atoms with Crippen molar-refractivity contribution in [2.75, 3.05) is 0 Å². The summed E-state index contributed by atoms with van der Waals surface area (Å²) in [7, 11) is 0. The molecule has 2 aromatic heterocycles. The third-order valence-corrected chi connectivity index (χ3v) is 3.52. The van der Waals surface area contributed by atoms with Crippen molar-refractivity contribution in [1.29, 1.82) is 0 Å². The van der Waals surface area contributed by atoms with Gasteiger partial charge >= 0.3 is 0 Å². The second-order valence-corrected chi connectivity index (χ2v) is 6.44. The van der Waals surface area contributed by atoms with E-state index >= 15 is 0 Å². The van der Waals surface area contributed by atoms with Crippen LogP contribution in [0.2, 0.25) is 5.15 Å². The lowest BCUT2D eigenvalue weighted by molar-refractivity contribution is 0.546. The molecule has 3 rings (SSSR count). The predicted octanol–water partition coefficient (Wildman–Crippen LogP) is 4.64. The van der Waals surface area contributed by atoms with E-state index in [-0.39, 0.29) is 5.41 Å². The minimum Gasteiger partial charge on any atom is -0.264 e. The summed E-state index contributed by atoms with van der Waals surface area (Å²) in [6.07, 6.45) is 3.65. The Kier molecular flexibility index (Phi) is 3.38. The molecule has 0 spiro atoms. The first-order chi connectivity index (χ1) is 9.95. The zero-order valence-electron chi connectivity index (χ0n) is 12.3. The predicted molar refractivity (Wildman–Crippen MR) is 86.5 cm³/mol. The lowest BCUT2D eigenvalue weighted by Crippen LogP contribution is -2.16. The molecule has 0 aliphatic rings. The molecule has 0 bridgehead atoms. The SMILES string of the molecule is CC(C)(C)c1nc(Cl)cc(-c2cccc3ccncc23)n1. The number of fused-ring (bicyclic) bond motifs is 1. The van der Waals surface area contributed by atoms with Crippen LogP contribution in [0.15, 0.2) is 42.7 Å². The van der Waals surface area contributed by atoms with Crippen LogP contribution in [0.25, 0.3) is 22.0 Å². The van der Waals surface area contributed by atoms with Crippen molar-refractivity contribution in [2.45, 2.75) is 26.2 Å². The maximum atomic E-state index is 6.19. The summed E-state index contributed by atoms with van der Waals surface area (Å²) in [6, 6.07) is 9.92. The molecule has 2 heterocycles. The average molecular weight is 298 g/mol. The Balaban J connectivity index is 2.26. The summed E-state index contributed by atoms with van der Waals surface area (Å²) in [5.41, 5.74) is 1.71. The van der Waals surface area contributed by atoms with Gasteiger partial charge in [0, 0.05) is 34.8 Å². The van der Waals surface area contributed by atoms with Crippen LogP contribution in [-0.2, 0) is 5.41 Å². The Morgan fingerprint density at radius 3 is 2.62 bits per heavy atom.